The maximum absolute atomic E-state index is 11.9. The number of aliphatic carboxylic acids is 2. The number of rotatable bonds is 7. The molecular formula is C12H15ClN2O5S. The van der Waals surface area contributed by atoms with Crippen LogP contribution in [0.4, 0.5) is 4.79 Å². The zero-order valence-electron chi connectivity index (χ0n) is 11.2. The third-order valence-electron chi connectivity index (χ3n) is 2.61. The lowest BCUT2D eigenvalue weighted by Gasteiger charge is -2.20. The van der Waals surface area contributed by atoms with Gasteiger partial charge in [0.05, 0.1) is 10.9 Å². The summed E-state index contributed by atoms with van der Waals surface area (Å²) in [5, 5.41) is 19.8. The van der Waals surface area contributed by atoms with Crippen LogP contribution in [0.5, 0.6) is 0 Å². The van der Waals surface area contributed by atoms with Crippen molar-refractivity contribution in [3.63, 3.8) is 0 Å². The second-order valence-corrected chi connectivity index (χ2v) is 6.13. The Balaban J connectivity index is 2.55. The fourth-order valence-corrected chi connectivity index (χ4v) is 2.67. The molecule has 1 aromatic heterocycles. The molecule has 0 aliphatic rings. The number of hydrogen-bond acceptors (Lipinski definition) is 4. The molecule has 0 unspecified atom stereocenters. The summed E-state index contributed by atoms with van der Waals surface area (Å²) < 4.78 is 0.601. The second kappa shape index (κ2) is 7.84. The van der Waals surface area contributed by atoms with E-state index in [-0.39, 0.29) is 19.4 Å². The number of carboxylic acids is 2. The van der Waals surface area contributed by atoms with Gasteiger partial charge in [-0.25, -0.2) is 9.59 Å². The number of halogens is 1. The first-order valence-corrected chi connectivity index (χ1v) is 7.19. The summed E-state index contributed by atoms with van der Waals surface area (Å²) in [4.78, 5) is 35.5. The lowest BCUT2D eigenvalue weighted by Crippen LogP contribution is -2.46. The minimum absolute atomic E-state index is 0.172. The van der Waals surface area contributed by atoms with Crippen LogP contribution in [0.25, 0.3) is 0 Å². The summed E-state index contributed by atoms with van der Waals surface area (Å²) >= 11 is 7.11. The van der Waals surface area contributed by atoms with Gasteiger partial charge in [-0.15, -0.1) is 11.3 Å². The number of amides is 2. The quantitative estimate of drug-likeness (QED) is 0.705. The van der Waals surface area contributed by atoms with Gasteiger partial charge in [-0.3, -0.25) is 4.79 Å². The Morgan fingerprint density at radius 3 is 2.52 bits per heavy atom. The van der Waals surface area contributed by atoms with Gasteiger partial charge in [-0.2, -0.15) is 0 Å². The van der Waals surface area contributed by atoms with E-state index in [9.17, 15) is 14.4 Å². The van der Waals surface area contributed by atoms with Gasteiger partial charge in [-0.1, -0.05) is 11.6 Å². The average molecular weight is 335 g/mol. The molecule has 2 amide bonds. The van der Waals surface area contributed by atoms with Crippen molar-refractivity contribution >= 4 is 40.9 Å². The Morgan fingerprint density at radius 1 is 1.38 bits per heavy atom. The number of carbonyl (C=O) groups excluding carboxylic acids is 1. The fourth-order valence-electron chi connectivity index (χ4n) is 1.53. The molecule has 0 aliphatic carbocycles. The van der Waals surface area contributed by atoms with E-state index >= 15 is 0 Å². The first kappa shape index (κ1) is 17.3. The molecule has 7 nitrogen and oxygen atoms in total. The predicted octanol–water partition coefficient (Wildman–Crippen LogP) is 1.86. The van der Waals surface area contributed by atoms with Crippen molar-refractivity contribution in [2.75, 3.05) is 7.05 Å². The second-order valence-electron chi connectivity index (χ2n) is 4.33. The molecular weight excluding hydrogens is 320 g/mol. The first-order chi connectivity index (χ1) is 9.79. The van der Waals surface area contributed by atoms with Crippen LogP contribution in [0.15, 0.2) is 12.1 Å². The highest BCUT2D eigenvalue weighted by molar-refractivity contribution is 7.16. The highest BCUT2D eigenvalue weighted by Gasteiger charge is 2.22. The molecule has 0 radical (unpaired) electrons. The van der Waals surface area contributed by atoms with E-state index < -0.39 is 24.0 Å². The van der Waals surface area contributed by atoms with E-state index in [4.69, 9.17) is 21.8 Å². The Hall–Kier alpha value is -1.80. The Labute approximate surface area is 130 Å². The van der Waals surface area contributed by atoms with Gasteiger partial charge in [0.25, 0.3) is 0 Å². The maximum Gasteiger partial charge on any atom is 0.326 e. The van der Waals surface area contributed by atoms with Crippen molar-refractivity contribution in [1.82, 2.24) is 10.2 Å². The zero-order chi connectivity index (χ0) is 16.0. The van der Waals surface area contributed by atoms with Gasteiger partial charge in [0.1, 0.15) is 6.04 Å². The third-order valence-corrected chi connectivity index (χ3v) is 3.83. The van der Waals surface area contributed by atoms with Crippen LogP contribution in [0, 0.1) is 0 Å². The molecule has 1 atom stereocenters. The molecule has 0 bridgehead atoms. The summed E-state index contributed by atoms with van der Waals surface area (Å²) in [5.41, 5.74) is 0. The fraction of sp³-hybridized carbons (Fsp3) is 0.417. The van der Waals surface area contributed by atoms with E-state index in [0.717, 1.165) is 4.88 Å². The van der Waals surface area contributed by atoms with Crippen molar-refractivity contribution in [2.45, 2.75) is 25.4 Å². The van der Waals surface area contributed by atoms with Crippen molar-refractivity contribution in [3.05, 3.63) is 21.3 Å². The van der Waals surface area contributed by atoms with Crippen LogP contribution in [-0.2, 0) is 16.1 Å². The highest BCUT2D eigenvalue weighted by Crippen LogP contribution is 2.22. The molecule has 116 valence electrons. The Morgan fingerprint density at radius 2 is 2.05 bits per heavy atom. The highest BCUT2D eigenvalue weighted by atomic mass is 35.5. The minimum Gasteiger partial charge on any atom is -0.481 e. The first-order valence-electron chi connectivity index (χ1n) is 6.00. The van der Waals surface area contributed by atoms with Crippen LogP contribution < -0.4 is 5.32 Å². The minimum atomic E-state index is -1.27. The molecule has 0 aliphatic heterocycles. The van der Waals surface area contributed by atoms with Crippen molar-refractivity contribution in [3.8, 4) is 0 Å². The van der Waals surface area contributed by atoms with E-state index in [1.807, 2.05) is 0 Å². The number of urea groups is 1. The number of carboxylic acid groups (broad SMARTS) is 2. The normalized spacial score (nSPS) is 11.7. The largest absolute Gasteiger partial charge is 0.481 e. The van der Waals surface area contributed by atoms with Crippen LogP contribution in [-0.4, -0.2) is 46.2 Å². The van der Waals surface area contributed by atoms with Gasteiger partial charge < -0.3 is 20.4 Å². The zero-order valence-corrected chi connectivity index (χ0v) is 12.8. The molecule has 0 aromatic carbocycles. The molecule has 1 rings (SSSR count). The lowest BCUT2D eigenvalue weighted by atomic mass is 10.1. The molecule has 0 fully saturated rings. The SMILES string of the molecule is CN(Cc1ccc(Cl)s1)C(=O)N[C@@H](CCC(=O)O)C(=O)O. The summed E-state index contributed by atoms with van der Waals surface area (Å²) in [5.74, 6) is -2.38. The summed E-state index contributed by atoms with van der Waals surface area (Å²) in [6.07, 6.45) is -0.503. The molecule has 0 saturated carbocycles. The van der Waals surface area contributed by atoms with Crippen LogP contribution >= 0.6 is 22.9 Å². The molecule has 1 heterocycles. The smallest absolute Gasteiger partial charge is 0.326 e. The van der Waals surface area contributed by atoms with Crippen molar-refractivity contribution in [1.29, 1.82) is 0 Å². The Bertz CT molecular complexity index is 533. The standard InChI is InChI=1S/C12H15ClN2O5S/c1-15(6-7-2-4-9(13)21-7)12(20)14-8(11(18)19)3-5-10(16)17/h2,4,8H,3,5-6H2,1H3,(H,14,20)(H,16,17)(H,18,19)/t8-/m0/s1. The van der Waals surface area contributed by atoms with Crippen LogP contribution in [0.3, 0.4) is 0 Å². The van der Waals surface area contributed by atoms with Gasteiger partial charge >= 0.3 is 18.0 Å². The summed E-state index contributed by atoms with van der Waals surface area (Å²) in [6, 6.07) is 1.66. The van der Waals surface area contributed by atoms with E-state index in [2.05, 4.69) is 5.32 Å². The molecule has 1 aromatic rings. The molecule has 0 saturated heterocycles. The average Bonchev–Trinajstić information content (AvgIpc) is 2.78. The molecule has 21 heavy (non-hydrogen) atoms. The van der Waals surface area contributed by atoms with Crippen LogP contribution in [0.1, 0.15) is 17.7 Å². The van der Waals surface area contributed by atoms with Crippen molar-refractivity contribution in [2.24, 2.45) is 0 Å². The molecule has 3 N–H and O–H groups in total. The van der Waals surface area contributed by atoms with Gasteiger partial charge in [0, 0.05) is 18.3 Å². The van der Waals surface area contributed by atoms with E-state index in [1.165, 1.54) is 23.3 Å². The number of carbonyl (C=O) groups is 3. The molecule has 0 spiro atoms. The maximum atomic E-state index is 11.9. The van der Waals surface area contributed by atoms with Gasteiger partial charge in [0.15, 0.2) is 0 Å². The number of thiophene rings is 1. The van der Waals surface area contributed by atoms with Crippen LogP contribution in [0.2, 0.25) is 4.34 Å². The summed E-state index contributed by atoms with van der Waals surface area (Å²) in [6.45, 7) is 0.286. The number of nitrogens with one attached hydrogen (secondary N) is 1. The van der Waals surface area contributed by atoms with Gasteiger partial charge in [-0.05, 0) is 18.6 Å². The number of nitrogens with zero attached hydrogens (tertiary/aromatic N) is 1. The lowest BCUT2D eigenvalue weighted by molar-refractivity contribution is -0.140. The topological polar surface area (TPSA) is 107 Å². The predicted molar refractivity (Wildman–Crippen MR) is 77.6 cm³/mol. The monoisotopic (exact) mass is 334 g/mol. The van der Waals surface area contributed by atoms with Crippen molar-refractivity contribution < 1.29 is 24.6 Å². The Kier molecular flexibility index (Phi) is 6.44. The molecule has 9 heteroatoms. The third kappa shape index (κ3) is 6.01. The van der Waals surface area contributed by atoms with E-state index in [1.54, 1.807) is 12.1 Å². The van der Waals surface area contributed by atoms with E-state index in [0.29, 0.717) is 4.34 Å². The number of hydrogen-bond donors (Lipinski definition) is 3. The van der Waals surface area contributed by atoms with Gasteiger partial charge in [0.2, 0.25) is 0 Å². The summed E-state index contributed by atoms with van der Waals surface area (Å²) in [7, 11) is 1.51.